The highest BCUT2D eigenvalue weighted by Gasteiger charge is 2.17. The highest BCUT2D eigenvalue weighted by Crippen LogP contribution is 2.18. The van der Waals surface area contributed by atoms with E-state index in [1.165, 1.54) is 0 Å². The molecule has 0 aromatic heterocycles. The Hall–Kier alpha value is -1.59. The summed E-state index contributed by atoms with van der Waals surface area (Å²) in [6, 6.07) is 5.28. The molecule has 0 radical (unpaired) electrons. The third-order valence-corrected chi connectivity index (χ3v) is 3.54. The van der Waals surface area contributed by atoms with Crippen LogP contribution in [0.4, 0.5) is 0 Å². The van der Waals surface area contributed by atoms with Crippen LogP contribution in [-0.4, -0.2) is 24.4 Å². The van der Waals surface area contributed by atoms with E-state index in [0.717, 1.165) is 12.0 Å². The number of hydrogen-bond donors (Lipinski definition) is 3. The van der Waals surface area contributed by atoms with Crippen molar-refractivity contribution in [1.82, 2.24) is 10.6 Å². The van der Waals surface area contributed by atoms with E-state index in [2.05, 4.69) is 10.6 Å². The summed E-state index contributed by atoms with van der Waals surface area (Å²) < 4.78 is 0. The molecule has 0 saturated carbocycles. The van der Waals surface area contributed by atoms with Crippen molar-refractivity contribution in [2.45, 2.75) is 25.4 Å². The summed E-state index contributed by atoms with van der Waals surface area (Å²) in [4.78, 5) is 22.0. The fourth-order valence-electron chi connectivity index (χ4n) is 2.01. The molecule has 5 nitrogen and oxygen atoms in total. The molecule has 19 heavy (non-hydrogen) atoms. The quantitative estimate of drug-likeness (QED) is 0.763. The first kappa shape index (κ1) is 13.8. The van der Waals surface area contributed by atoms with Crippen molar-refractivity contribution in [1.29, 1.82) is 0 Å². The Morgan fingerprint density at radius 1 is 1.53 bits per heavy atom. The molecule has 0 spiro atoms. The Labute approximate surface area is 116 Å². The lowest BCUT2D eigenvalue weighted by molar-refractivity contribution is -0.122. The Balaban J connectivity index is 1.92. The number of rotatable bonds is 4. The van der Waals surface area contributed by atoms with Crippen LogP contribution in [0.1, 0.15) is 28.8 Å². The zero-order valence-corrected chi connectivity index (χ0v) is 11.2. The smallest absolute Gasteiger partial charge is 0.248 e. The van der Waals surface area contributed by atoms with Gasteiger partial charge >= 0.3 is 0 Å². The molecular weight excluding hydrogens is 266 g/mol. The van der Waals surface area contributed by atoms with Crippen molar-refractivity contribution >= 4 is 23.4 Å². The lowest BCUT2D eigenvalue weighted by atomic mass is 10.1. The first-order valence-corrected chi connectivity index (χ1v) is 6.52. The summed E-state index contributed by atoms with van der Waals surface area (Å²) in [5.74, 6) is -0.390. The normalized spacial score (nSPS) is 19.0. The summed E-state index contributed by atoms with van der Waals surface area (Å²) in [7, 11) is 0. The number of piperidine rings is 1. The molecule has 1 unspecified atom stereocenters. The Morgan fingerprint density at radius 2 is 2.32 bits per heavy atom. The lowest BCUT2D eigenvalue weighted by Gasteiger charge is -2.23. The van der Waals surface area contributed by atoms with Gasteiger partial charge in [-0.25, -0.2) is 0 Å². The molecule has 2 amide bonds. The predicted octanol–water partition coefficient (Wildman–Crippen LogP) is 0.807. The van der Waals surface area contributed by atoms with Gasteiger partial charge in [-0.2, -0.15) is 0 Å². The van der Waals surface area contributed by atoms with Crippen LogP contribution in [0.3, 0.4) is 0 Å². The van der Waals surface area contributed by atoms with Gasteiger partial charge in [-0.1, -0.05) is 17.7 Å². The zero-order chi connectivity index (χ0) is 13.8. The van der Waals surface area contributed by atoms with E-state index in [1.54, 1.807) is 18.2 Å². The van der Waals surface area contributed by atoms with Gasteiger partial charge in [-0.15, -0.1) is 0 Å². The highest BCUT2D eigenvalue weighted by molar-refractivity contribution is 6.31. The van der Waals surface area contributed by atoms with Gasteiger partial charge in [0.2, 0.25) is 11.8 Å². The standard InChI is InChI=1S/C13H16ClN3O2/c14-11-5-8(13(15)19)1-2-9(11)6-16-10-3-4-12(18)17-7-10/h1-2,5,10,16H,3-4,6-7H2,(H2,15,19)(H,17,18). The van der Waals surface area contributed by atoms with E-state index in [-0.39, 0.29) is 11.9 Å². The number of nitrogens with one attached hydrogen (secondary N) is 2. The van der Waals surface area contributed by atoms with Crippen LogP contribution in [0, 0.1) is 0 Å². The topological polar surface area (TPSA) is 84.2 Å². The van der Waals surface area contributed by atoms with Gasteiger partial charge in [0, 0.05) is 36.1 Å². The highest BCUT2D eigenvalue weighted by atomic mass is 35.5. The number of primary amides is 1. The molecule has 1 atom stereocenters. The van der Waals surface area contributed by atoms with Crippen molar-refractivity contribution in [3.8, 4) is 0 Å². The van der Waals surface area contributed by atoms with Crippen LogP contribution in [0.15, 0.2) is 18.2 Å². The second-order valence-electron chi connectivity index (χ2n) is 4.59. The fraction of sp³-hybridized carbons (Fsp3) is 0.385. The number of carbonyl (C=O) groups excluding carboxylic acids is 2. The number of nitrogens with two attached hydrogens (primary N) is 1. The molecule has 1 fully saturated rings. The minimum absolute atomic E-state index is 0.0990. The van der Waals surface area contributed by atoms with Gasteiger partial charge in [0.1, 0.15) is 0 Å². The third kappa shape index (κ3) is 3.68. The van der Waals surface area contributed by atoms with Crippen LogP contribution >= 0.6 is 11.6 Å². The van der Waals surface area contributed by atoms with E-state index >= 15 is 0 Å². The fourth-order valence-corrected chi connectivity index (χ4v) is 2.25. The molecule has 102 valence electrons. The maximum absolute atomic E-state index is 11.0. The third-order valence-electron chi connectivity index (χ3n) is 3.18. The Bertz CT molecular complexity index is 495. The van der Waals surface area contributed by atoms with Crippen LogP contribution < -0.4 is 16.4 Å². The molecule has 4 N–H and O–H groups in total. The molecule has 2 rings (SSSR count). The molecule has 1 saturated heterocycles. The maximum atomic E-state index is 11.0. The molecule has 0 bridgehead atoms. The summed E-state index contributed by atoms with van der Waals surface area (Å²) in [6.45, 7) is 1.23. The van der Waals surface area contributed by atoms with Crippen molar-refractivity contribution in [3.63, 3.8) is 0 Å². The SMILES string of the molecule is NC(=O)c1ccc(CNC2CCC(=O)NC2)c(Cl)c1. The van der Waals surface area contributed by atoms with Gasteiger partial charge in [0.15, 0.2) is 0 Å². The second-order valence-corrected chi connectivity index (χ2v) is 5.00. The van der Waals surface area contributed by atoms with E-state index in [4.69, 9.17) is 17.3 Å². The average Bonchev–Trinajstić information content (AvgIpc) is 2.39. The van der Waals surface area contributed by atoms with Gasteiger partial charge in [-0.3, -0.25) is 9.59 Å². The van der Waals surface area contributed by atoms with Crippen molar-refractivity contribution in [2.24, 2.45) is 5.73 Å². The minimum Gasteiger partial charge on any atom is -0.366 e. The van der Waals surface area contributed by atoms with Gasteiger partial charge in [-0.05, 0) is 24.1 Å². The molecule has 1 aromatic rings. The van der Waals surface area contributed by atoms with Crippen LogP contribution in [0.5, 0.6) is 0 Å². The number of benzene rings is 1. The Morgan fingerprint density at radius 3 is 2.89 bits per heavy atom. The number of hydrogen-bond acceptors (Lipinski definition) is 3. The van der Waals surface area contributed by atoms with E-state index in [1.807, 2.05) is 0 Å². The minimum atomic E-state index is -0.489. The molecule has 1 aromatic carbocycles. The molecular formula is C13H16ClN3O2. The van der Waals surface area contributed by atoms with Crippen molar-refractivity contribution in [2.75, 3.05) is 6.54 Å². The summed E-state index contributed by atoms with van der Waals surface area (Å²) in [5, 5.41) is 6.66. The van der Waals surface area contributed by atoms with Gasteiger partial charge in [0.05, 0.1) is 0 Å². The first-order valence-electron chi connectivity index (χ1n) is 6.14. The molecule has 6 heteroatoms. The van der Waals surface area contributed by atoms with E-state index in [9.17, 15) is 9.59 Å². The summed E-state index contributed by atoms with van der Waals surface area (Å²) >= 11 is 6.10. The first-order chi connectivity index (χ1) is 9.06. The largest absolute Gasteiger partial charge is 0.366 e. The monoisotopic (exact) mass is 281 g/mol. The van der Waals surface area contributed by atoms with E-state index < -0.39 is 5.91 Å². The molecule has 1 aliphatic heterocycles. The van der Waals surface area contributed by atoms with Crippen LogP contribution in [0.2, 0.25) is 5.02 Å². The molecule has 1 heterocycles. The lowest BCUT2D eigenvalue weighted by Crippen LogP contribution is -2.45. The zero-order valence-electron chi connectivity index (χ0n) is 10.4. The number of amides is 2. The van der Waals surface area contributed by atoms with Crippen molar-refractivity contribution < 1.29 is 9.59 Å². The predicted molar refractivity (Wildman–Crippen MR) is 72.8 cm³/mol. The summed E-state index contributed by atoms with van der Waals surface area (Å²) in [6.07, 6.45) is 1.37. The number of halogens is 1. The Kier molecular flexibility index (Phi) is 4.39. The average molecular weight is 282 g/mol. The summed E-state index contributed by atoms with van der Waals surface area (Å²) in [5.41, 5.74) is 6.49. The molecule has 1 aliphatic rings. The van der Waals surface area contributed by atoms with E-state index in [0.29, 0.717) is 30.1 Å². The van der Waals surface area contributed by atoms with Crippen LogP contribution in [0.25, 0.3) is 0 Å². The number of carbonyl (C=O) groups is 2. The van der Waals surface area contributed by atoms with Crippen LogP contribution in [-0.2, 0) is 11.3 Å². The maximum Gasteiger partial charge on any atom is 0.248 e. The second kappa shape index (κ2) is 6.04. The van der Waals surface area contributed by atoms with Gasteiger partial charge in [0.25, 0.3) is 0 Å². The van der Waals surface area contributed by atoms with Gasteiger partial charge < -0.3 is 16.4 Å². The molecule has 0 aliphatic carbocycles. The van der Waals surface area contributed by atoms with Crippen molar-refractivity contribution in [3.05, 3.63) is 34.3 Å².